The van der Waals surface area contributed by atoms with Crippen molar-refractivity contribution in [2.75, 3.05) is 0 Å². The van der Waals surface area contributed by atoms with Crippen LogP contribution in [-0.2, 0) is 6.42 Å². The number of hydrogen-bond acceptors (Lipinski definition) is 3. The second kappa shape index (κ2) is 4.95. The minimum Gasteiger partial charge on any atom is -0.327 e. The van der Waals surface area contributed by atoms with Crippen molar-refractivity contribution in [3.63, 3.8) is 0 Å². The molecule has 1 aliphatic rings. The van der Waals surface area contributed by atoms with E-state index in [0.717, 1.165) is 24.5 Å². The van der Waals surface area contributed by atoms with E-state index in [1.807, 2.05) is 6.92 Å². The smallest absolute Gasteiger partial charge is 0.134 e. The first-order valence-electron chi connectivity index (χ1n) is 6.38. The van der Waals surface area contributed by atoms with Crippen LogP contribution < -0.4 is 5.73 Å². The lowest BCUT2D eigenvalue weighted by atomic mass is 10.1. The van der Waals surface area contributed by atoms with E-state index < -0.39 is 0 Å². The fraction of sp³-hybridized carbons (Fsp3) is 0.833. The molecule has 2 rings (SSSR count). The van der Waals surface area contributed by atoms with Gasteiger partial charge in [-0.1, -0.05) is 19.8 Å². The molecule has 1 atom stereocenters. The van der Waals surface area contributed by atoms with E-state index in [1.54, 1.807) is 0 Å². The SMILES string of the molecule is CCC(N)Cc1nnc(C)n1C1CCCC1. The van der Waals surface area contributed by atoms with Crippen LogP contribution in [0.15, 0.2) is 0 Å². The van der Waals surface area contributed by atoms with Gasteiger partial charge in [0.2, 0.25) is 0 Å². The summed E-state index contributed by atoms with van der Waals surface area (Å²) in [4.78, 5) is 0. The Bertz CT molecular complexity index is 339. The molecule has 1 saturated carbocycles. The van der Waals surface area contributed by atoms with Crippen LogP contribution in [0.4, 0.5) is 0 Å². The normalized spacial score (nSPS) is 19.2. The molecule has 1 heterocycles. The van der Waals surface area contributed by atoms with Gasteiger partial charge in [0.25, 0.3) is 0 Å². The highest BCUT2D eigenvalue weighted by molar-refractivity contribution is 5.00. The van der Waals surface area contributed by atoms with Crippen molar-refractivity contribution in [1.82, 2.24) is 14.8 Å². The molecule has 90 valence electrons. The zero-order valence-electron chi connectivity index (χ0n) is 10.3. The number of aromatic nitrogens is 3. The summed E-state index contributed by atoms with van der Waals surface area (Å²) in [5, 5.41) is 8.49. The van der Waals surface area contributed by atoms with Crippen molar-refractivity contribution >= 4 is 0 Å². The van der Waals surface area contributed by atoms with Crippen LogP contribution >= 0.6 is 0 Å². The first-order chi connectivity index (χ1) is 7.72. The van der Waals surface area contributed by atoms with Gasteiger partial charge in [0.1, 0.15) is 11.6 Å². The quantitative estimate of drug-likeness (QED) is 0.847. The molecule has 1 aromatic rings. The average Bonchev–Trinajstić information content (AvgIpc) is 2.88. The number of nitrogens with zero attached hydrogens (tertiary/aromatic N) is 3. The van der Waals surface area contributed by atoms with Gasteiger partial charge in [-0.3, -0.25) is 0 Å². The highest BCUT2D eigenvalue weighted by Crippen LogP contribution is 2.31. The Morgan fingerprint density at radius 2 is 2.06 bits per heavy atom. The predicted octanol–water partition coefficient (Wildman–Crippen LogP) is 1.98. The van der Waals surface area contributed by atoms with Crippen LogP contribution in [0.3, 0.4) is 0 Å². The van der Waals surface area contributed by atoms with Gasteiger partial charge in [-0.05, 0) is 26.2 Å². The van der Waals surface area contributed by atoms with E-state index >= 15 is 0 Å². The minimum absolute atomic E-state index is 0.212. The highest BCUT2D eigenvalue weighted by atomic mass is 15.3. The summed E-state index contributed by atoms with van der Waals surface area (Å²) in [6.45, 7) is 4.17. The Morgan fingerprint density at radius 1 is 1.38 bits per heavy atom. The summed E-state index contributed by atoms with van der Waals surface area (Å²) in [5.41, 5.74) is 6.00. The molecule has 1 aliphatic carbocycles. The zero-order chi connectivity index (χ0) is 11.5. The van der Waals surface area contributed by atoms with Gasteiger partial charge in [-0.15, -0.1) is 10.2 Å². The van der Waals surface area contributed by atoms with Gasteiger partial charge in [0.15, 0.2) is 0 Å². The number of nitrogens with two attached hydrogens (primary N) is 1. The molecular weight excluding hydrogens is 200 g/mol. The average molecular weight is 222 g/mol. The molecule has 0 spiro atoms. The molecule has 1 unspecified atom stereocenters. The molecular formula is C12H22N4. The lowest BCUT2D eigenvalue weighted by Gasteiger charge is -2.17. The highest BCUT2D eigenvalue weighted by Gasteiger charge is 2.22. The number of hydrogen-bond donors (Lipinski definition) is 1. The van der Waals surface area contributed by atoms with E-state index in [-0.39, 0.29) is 6.04 Å². The zero-order valence-corrected chi connectivity index (χ0v) is 10.3. The van der Waals surface area contributed by atoms with Crippen molar-refractivity contribution in [2.45, 2.75) is 64.5 Å². The molecule has 0 aliphatic heterocycles. The Hall–Kier alpha value is -0.900. The van der Waals surface area contributed by atoms with E-state index in [0.29, 0.717) is 6.04 Å². The first-order valence-corrected chi connectivity index (χ1v) is 6.38. The standard InChI is InChI=1S/C12H22N4/c1-3-10(13)8-12-15-14-9(2)16(12)11-6-4-5-7-11/h10-11H,3-8,13H2,1-2H3. The summed E-state index contributed by atoms with van der Waals surface area (Å²) in [6.07, 6.45) is 7.06. The summed E-state index contributed by atoms with van der Waals surface area (Å²) in [7, 11) is 0. The van der Waals surface area contributed by atoms with Crippen LogP contribution in [0.25, 0.3) is 0 Å². The fourth-order valence-corrected chi connectivity index (χ4v) is 2.57. The van der Waals surface area contributed by atoms with E-state index in [9.17, 15) is 0 Å². The number of aryl methyl sites for hydroxylation is 1. The van der Waals surface area contributed by atoms with Crippen molar-refractivity contribution in [3.8, 4) is 0 Å². The maximum atomic E-state index is 6.00. The van der Waals surface area contributed by atoms with Gasteiger partial charge in [0.05, 0.1) is 0 Å². The molecule has 0 bridgehead atoms. The van der Waals surface area contributed by atoms with E-state index in [4.69, 9.17) is 5.73 Å². The summed E-state index contributed by atoms with van der Waals surface area (Å²) in [6, 6.07) is 0.831. The third-order valence-corrected chi connectivity index (χ3v) is 3.60. The van der Waals surface area contributed by atoms with Crippen LogP contribution in [0.2, 0.25) is 0 Å². The van der Waals surface area contributed by atoms with Crippen molar-refractivity contribution in [3.05, 3.63) is 11.6 Å². The van der Waals surface area contributed by atoms with Gasteiger partial charge in [-0.2, -0.15) is 0 Å². The third-order valence-electron chi connectivity index (χ3n) is 3.60. The van der Waals surface area contributed by atoms with Gasteiger partial charge < -0.3 is 10.3 Å². The molecule has 0 amide bonds. The Kier molecular flexibility index (Phi) is 3.59. The molecule has 1 aromatic heterocycles. The van der Waals surface area contributed by atoms with Crippen LogP contribution in [0, 0.1) is 6.92 Å². The lowest BCUT2D eigenvalue weighted by Crippen LogP contribution is -2.24. The molecule has 16 heavy (non-hydrogen) atoms. The monoisotopic (exact) mass is 222 g/mol. The first kappa shape index (κ1) is 11.6. The topological polar surface area (TPSA) is 56.7 Å². The van der Waals surface area contributed by atoms with Gasteiger partial charge in [-0.25, -0.2) is 0 Å². The van der Waals surface area contributed by atoms with Crippen LogP contribution in [0.5, 0.6) is 0 Å². The molecule has 1 fully saturated rings. The van der Waals surface area contributed by atoms with Crippen molar-refractivity contribution in [1.29, 1.82) is 0 Å². The van der Waals surface area contributed by atoms with Gasteiger partial charge in [0, 0.05) is 18.5 Å². The molecule has 0 saturated heterocycles. The van der Waals surface area contributed by atoms with Crippen LogP contribution in [-0.4, -0.2) is 20.8 Å². The lowest BCUT2D eigenvalue weighted by molar-refractivity contribution is 0.474. The molecule has 0 aromatic carbocycles. The predicted molar refractivity (Wildman–Crippen MR) is 64.2 cm³/mol. The second-order valence-corrected chi connectivity index (χ2v) is 4.84. The van der Waals surface area contributed by atoms with Crippen molar-refractivity contribution in [2.24, 2.45) is 5.73 Å². The molecule has 4 nitrogen and oxygen atoms in total. The largest absolute Gasteiger partial charge is 0.327 e. The Labute approximate surface area is 97.2 Å². The molecule has 4 heteroatoms. The maximum Gasteiger partial charge on any atom is 0.134 e. The number of rotatable bonds is 4. The third kappa shape index (κ3) is 2.26. The molecule has 2 N–H and O–H groups in total. The van der Waals surface area contributed by atoms with E-state index in [1.165, 1.54) is 25.7 Å². The van der Waals surface area contributed by atoms with Crippen molar-refractivity contribution < 1.29 is 0 Å². The second-order valence-electron chi connectivity index (χ2n) is 4.84. The summed E-state index contributed by atoms with van der Waals surface area (Å²) < 4.78 is 2.32. The van der Waals surface area contributed by atoms with E-state index in [2.05, 4.69) is 21.7 Å². The van der Waals surface area contributed by atoms with Gasteiger partial charge >= 0.3 is 0 Å². The Morgan fingerprint density at radius 3 is 2.69 bits per heavy atom. The van der Waals surface area contributed by atoms with Crippen LogP contribution in [0.1, 0.15) is 56.7 Å². The summed E-state index contributed by atoms with van der Waals surface area (Å²) >= 11 is 0. The molecule has 0 radical (unpaired) electrons. The maximum absolute atomic E-state index is 6.00. The Balaban J connectivity index is 2.18. The fourth-order valence-electron chi connectivity index (χ4n) is 2.57. The minimum atomic E-state index is 0.212. The summed E-state index contributed by atoms with van der Waals surface area (Å²) in [5.74, 6) is 2.13.